The summed E-state index contributed by atoms with van der Waals surface area (Å²) in [5.74, 6) is 1.36. The predicted octanol–water partition coefficient (Wildman–Crippen LogP) is 2.27. The highest BCUT2D eigenvalue weighted by molar-refractivity contribution is 5.74. The number of hydrogen-bond acceptors (Lipinski definition) is 4. The van der Waals surface area contributed by atoms with Gasteiger partial charge < -0.3 is 13.9 Å². The quantitative estimate of drug-likeness (QED) is 0.681. The van der Waals surface area contributed by atoms with Crippen LogP contribution in [0.5, 0.6) is 0 Å². The van der Waals surface area contributed by atoms with Crippen molar-refractivity contribution >= 4 is 12.0 Å². The van der Waals surface area contributed by atoms with Crippen molar-refractivity contribution in [2.24, 2.45) is 5.92 Å². The third-order valence-corrected chi connectivity index (χ3v) is 3.18. The molecule has 0 saturated carbocycles. The predicted molar refractivity (Wildman–Crippen MR) is 55.3 cm³/mol. The zero-order valence-electron chi connectivity index (χ0n) is 8.93. The smallest absolute Gasteiger partial charge is 0.310 e. The van der Waals surface area contributed by atoms with E-state index < -0.39 is 0 Å². The first-order valence-electron chi connectivity index (χ1n) is 5.32. The van der Waals surface area contributed by atoms with Gasteiger partial charge in [-0.25, -0.2) is 0 Å². The van der Waals surface area contributed by atoms with Crippen LogP contribution in [0.1, 0.15) is 30.3 Å². The number of fused-ring (bicyclic) bond motifs is 2. The number of furan rings is 1. The molecule has 3 rings (SSSR count). The third-order valence-electron chi connectivity index (χ3n) is 3.18. The molecule has 1 aliphatic carbocycles. The lowest BCUT2D eigenvalue weighted by Crippen LogP contribution is -2.28. The Balaban J connectivity index is 2.05. The topological polar surface area (TPSA) is 48.7 Å². The molecular weight excluding hydrogens is 208 g/mol. The minimum Gasteiger partial charge on any atom is -0.464 e. The fraction of sp³-hybridized carbons (Fsp3) is 0.417. The summed E-state index contributed by atoms with van der Waals surface area (Å²) in [4.78, 5) is 11.2. The van der Waals surface area contributed by atoms with Crippen LogP contribution in [0, 0.1) is 5.92 Å². The molecule has 1 saturated heterocycles. The molecule has 2 unspecified atom stereocenters. The molecule has 2 heterocycles. The molecule has 0 amide bonds. The summed E-state index contributed by atoms with van der Waals surface area (Å²) in [6, 6.07) is 1.91. The van der Waals surface area contributed by atoms with Gasteiger partial charge in [0, 0.05) is 31.1 Å². The van der Waals surface area contributed by atoms with Gasteiger partial charge in [0.2, 0.25) is 0 Å². The molecule has 1 aromatic heterocycles. The molecule has 0 radical (unpaired) electrons. The number of ether oxygens (including phenoxy) is 2. The van der Waals surface area contributed by atoms with Crippen LogP contribution in [-0.2, 0) is 14.3 Å². The summed E-state index contributed by atoms with van der Waals surface area (Å²) in [6.07, 6.45) is 4.59. The van der Waals surface area contributed by atoms with E-state index in [0.717, 1.165) is 17.7 Å². The Bertz CT molecular complexity index is 457. The number of carbonyl (C=O) groups excluding carboxylic acids is 1. The number of methoxy groups -OCH3 is 1. The van der Waals surface area contributed by atoms with Gasteiger partial charge in [0.25, 0.3) is 0 Å². The van der Waals surface area contributed by atoms with E-state index in [4.69, 9.17) is 13.9 Å². The molecule has 16 heavy (non-hydrogen) atoms. The van der Waals surface area contributed by atoms with Crippen molar-refractivity contribution in [1.82, 2.24) is 0 Å². The molecule has 4 heteroatoms. The Morgan fingerprint density at radius 2 is 2.38 bits per heavy atom. The largest absolute Gasteiger partial charge is 0.464 e. The molecule has 4 nitrogen and oxygen atoms in total. The van der Waals surface area contributed by atoms with Crippen molar-refractivity contribution in [2.45, 2.75) is 18.9 Å². The van der Waals surface area contributed by atoms with Gasteiger partial charge in [-0.05, 0) is 12.5 Å². The maximum Gasteiger partial charge on any atom is 0.310 e. The van der Waals surface area contributed by atoms with Gasteiger partial charge >= 0.3 is 5.97 Å². The average Bonchev–Trinajstić information content (AvgIpc) is 2.73. The molecule has 1 aromatic rings. The van der Waals surface area contributed by atoms with E-state index in [-0.39, 0.29) is 18.0 Å². The molecule has 0 N–H and O–H groups in total. The first-order valence-corrected chi connectivity index (χ1v) is 5.32. The van der Waals surface area contributed by atoms with Crippen LogP contribution in [0.2, 0.25) is 0 Å². The van der Waals surface area contributed by atoms with Crippen molar-refractivity contribution in [3.8, 4) is 0 Å². The van der Waals surface area contributed by atoms with Crippen LogP contribution in [-0.4, -0.2) is 13.1 Å². The number of rotatable bonds is 1. The molecule has 1 fully saturated rings. The first kappa shape index (κ1) is 9.66. The fourth-order valence-corrected chi connectivity index (χ4v) is 2.43. The van der Waals surface area contributed by atoms with Gasteiger partial charge in [0.15, 0.2) is 0 Å². The summed E-state index contributed by atoms with van der Waals surface area (Å²) in [7, 11) is 1.67. The van der Waals surface area contributed by atoms with Gasteiger partial charge in [0.05, 0.1) is 12.4 Å². The van der Waals surface area contributed by atoms with Gasteiger partial charge in [-0.1, -0.05) is 0 Å². The van der Waals surface area contributed by atoms with Crippen LogP contribution in [0.4, 0.5) is 0 Å². The number of hydrogen-bond donors (Lipinski definition) is 0. The first-order chi connectivity index (χ1) is 7.79. The van der Waals surface area contributed by atoms with Crippen LogP contribution >= 0.6 is 0 Å². The van der Waals surface area contributed by atoms with Gasteiger partial charge in [0.1, 0.15) is 11.5 Å². The normalized spacial score (nSPS) is 27.8. The zero-order chi connectivity index (χ0) is 11.1. The second-order valence-corrected chi connectivity index (χ2v) is 4.06. The van der Waals surface area contributed by atoms with E-state index >= 15 is 0 Å². The fourth-order valence-electron chi connectivity index (χ4n) is 2.43. The molecule has 0 spiro atoms. The van der Waals surface area contributed by atoms with E-state index in [9.17, 15) is 4.79 Å². The second-order valence-electron chi connectivity index (χ2n) is 4.06. The minimum absolute atomic E-state index is 0.0677. The highest BCUT2D eigenvalue weighted by atomic mass is 16.5. The van der Waals surface area contributed by atoms with Crippen molar-refractivity contribution in [3.05, 3.63) is 29.4 Å². The standard InChI is InChI=1S/C12H12O4/c1-14-12-7-2-3-11(13)16-10(7)6-9-8(12)4-5-15-9/h4-7,12H,2-3H2,1H3. The Morgan fingerprint density at radius 3 is 3.19 bits per heavy atom. The van der Waals surface area contributed by atoms with Crippen molar-refractivity contribution in [1.29, 1.82) is 0 Å². The zero-order valence-corrected chi connectivity index (χ0v) is 8.93. The monoisotopic (exact) mass is 220 g/mol. The molecule has 0 bridgehead atoms. The Labute approximate surface area is 92.8 Å². The Hall–Kier alpha value is -1.55. The lowest BCUT2D eigenvalue weighted by atomic mass is 9.84. The van der Waals surface area contributed by atoms with Crippen LogP contribution in [0.3, 0.4) is 0 Å². The summed E-state index contributed by atoms with van der Waals surface area (Å²) >= 11 is 0. The van der Waals surface area contributed by atoms with Gasteiger partial charge in [-0.15, -0.1) is 0 Å². The highest BCUT2D eigenvalue weighted by Gasteiger charge is 2.38. The molecule has 1 aliphatic heterocycles. The van der Waals surface area contributed by atoms with Crippen molar-refractivity contribution in [2.75, 3.05) is 7.11 Å². The molecule has 84 valence electrons. The summed E-state index contributed by atoms with van der Waals surface area (Å²) in [6.45, 7) is 0. The van der Waals surface area contributed by atoms with Gasteiger partial charge in [-0.2, -0.15) is 0 Å². The summed E-state index contributed by atoms with van der Waals surface area (Å²) < 4.78 is 16.0. The number of esters is 1. The third kappa shape index (κ3) is 1.30. The maximum absolute atomic E-state index is 11.2. The second kappa shape index (κ2) is 3.49. The van der Waals surface area contributed by atoms with Crippen LogP contribution in [0.25, 0.3) is 6.08 Å². The molecule has 2 aliphatic rings. The molecular formula is C12H12O4. The van der Waals surface area contributed by atoms with Crippen LogP contribution < -0.4 is 0 Å². The summed E-state index contributed by atoms with van der Waals surface area (Å²) in [5, 5.41) is 0. The van der Waals surface area contributed by atoms with Crippen LogP contribution in [0.15, 0.2) is 22.5 Å². The van der Waals surface area contributed by atoms with Crippen molar-refractivity contribution in [3.63, 3.8) is 0 Å². The lowest BCUT2D eigenvalue weighted by Gasteiger charge is -2.33. The number of carbonyl (C=O) groups is 1. The van der Waals surface area contributed by atoms with E-state index in [0.29, 0.717) is 12.2 Å². The highest BCUT2D eigenvalue weighted by Crippen LogP contribution is 2.44. The Kier molecular flexibility index (Phi) is 2.11. The van der Waals surface area contributed by atoms with E-state index in [1.54, 1.807) is 19.4 Å². The average molecular weight is 220 g/mol. The molecule has 0 aromatic carbocycles. The maximum atomic E-state index is 11.2. The SMILES string of the molecule is COC1c2ccoc2C=C2OC(=O)CCC21. The van der Waals surface area contributed by atoms with E-state index in [1.165, 1.54) is 0 Å². The Morgan fingerprint density at radius 1 is 1.50 bits per heavy atom. The van der Waals surface area contributed by atoms with E-state index in [2.05, 4.69) is 0 Å². The van der Waals surface area contributed by atoms with Crippen molar-refractivity contribution < 1.29 is 18.7 Å². The van der Waals surface area contributed by atoms with Gasteiger partial charge in [-0.3, -0.25) is 4.79 Å². The van der Waals surface area contributed by atoms with E-state index in [1.807, 2.05) is 6.07 Å². The summed E-state index contributed by atoms with van der Waals surface area (Å²) in [5.41, 5.74) is 1.04. The lowest BCUT2D eigenvalue weighted by molar-refractivity contribution is -0.145. The minimum atomic E-state index is -0.174. The molecule has 2 atom stereocenters.